The standard InChI is InChI=1S/C48H63BF2N6O4/c1-28(2)43-53-54-45(49-36-16-20-48(60)39-24-32-10-13-38(58)41-40(32)47(48,42(36)61-41)21-23-55(39)27-29-8-9-29)57(43)35-25-33-11-12-34(26-35)56(33)22-17-37(30-6-4-3-5-7-30)52-44(59)31-14-18-46(50,51)19-15-31/h3-7,10,13,28-29,31,33-37,39,42,49,58,60H,8-9,11-12,14-27H2,1-2H3,(H,52,59)/t33?,34?,35?,36?,37-,39+,42-,47-,48+/m0/s1. The lowest BCUT2D eigenvalue weighted by molar-refractivity contribution is -0.185. The minimum absolute atomic E-state index is 0.0562. The molecule has 3 aromatic rings. The highest BCUT2D eigenvalue weighted by Crippen LogP contribution is 2.67. The molecule has 8 aliphatic rings. The summed E-state index contributed by atoms with van der Waals surface area (Å²) in [7, 11) is 0.718. The second-order valence-electron chi connectivity index (χ2n) is 20.9. The summed E-state index contributed by atoms with van der Waals surface area (Å²) in [5, 5.41) is 37.5. The average molecular weight is 837 g/mol. The van der Waals surface area contributed by atoms with Gasteiger partial charge in [-0.15, -0.1) is 10.2 Å². The second-order valence-corrected chi connectivity index (χ2v) is 20.9. The molecule has 10 nitrogen and oxygen atoms in total. The zero-order valence-electron chi connectivity index (χ0n) is 36.0. The number of ether oxygens (including phenoxy) is 1. The van der Waals surface area contributed by atoms with Crippen LogP contribution in [0.1, 0.15) is 144 Å². The van der Waals surface area contributed by atoms with Gasteiger partial charge in [0, 0.05) is 67.5 Å². The largest absolute Gasteiger partial charge is 0.504 e. The van der Waals surface area contributed by atoms with Crippen molar-refractivity contribution < 1.29 is 28.5 Å². The van der Waals surface area contributed by atoms with Crippen molar-refractivity contribution in [2.75, 3.05) is 19.6 Å². The van der Waals surface area contributed by atoms with E-state index in [0.717, 1.165) is 107 Å². The number of phenolic OH excluding ortho intramolecular Hbond substituents is 1. The van der Waals surface area contributed by atoms with Crippen LogP contribution in [0.3, 0.4) is 0 Å². The predicted molar refractivity (Wildman–Crippen MR) is 230 cm³/mol. The maximum atomic E-state index is 13.9. The molecule has 4 aliphatic heterocycles. The summed E-state index contributed by atoms with van der Waals surface area (Å²) in [4.78, 5) is 18.8. The Labute approximate surface area is 359 Å². The molecule has 326 valence electrons. The first-order chi connectivity index (χ1) is 29.4. The molecule has 4 aliphatic carbocycles. The van der Waals surface area contributed by atoms with Crippen LogP contribution in [0, 0.1) is 11.8 Å². The van der Waals surface area contributed by atoms with Crippen LogP contribution in [0.5, 0.6) is 11.5 Å². The first-order valence-corrected chi connectivity index (χ1v) is 23.8. The fourth-order valence-electron chi connectivity index (χ4n) is 14.0. The molecule has 3 saturated carbocycles. The van der Waals surface area contributed by atoms with E-state index in [1.54, 1.807) is 6.07 Å². The number of halogens is 2. The number of hydrogen-bond donors (Lipinski definition) is 3. The lowest BCUT2D eigenvalue weighted by atomic mass is 9.42. The number of nitrogens with zero attached hydrogens (tertiary/aromatic N) is 5. The molecule has 11 rings (SSSR count). The van der Waals surface area contributed by atoms with Gasteiger partial charge in [0.2, 0.25) is 19.1 Å². The molecular weight excluding hydrogens is 773 g/mol. The van der Waals surface area contributed by atoms with Crippen molar-refractivity contribution in [3.8, 4) is 11.5 Å². The molecular formula is C48H63BF2N6O4. The number of aromatic nitrogens is 3. The molecule has 61 heavy (non-hydrogen) atoms. The Morgan fingerprint density at radius 3 is 2.43 bits per heavy atom. The fraction of sp³-hybridized carbons (Fsp3) is 0.688. The Morgan fingerprint density at radius 2 is 1.70 bits per heavy atom. The number of fused-ring (bicyclic) bond motifs is 2. The van der Waals surface area contributed by atoms with Crippen molar-refractivity contribution in [1.29, 1.82) is 0 Å². The van der Waals surface area contributed by atoms with Gasteiger partial charge in [0.25, 0.3) is 0 Å². The number of nitrogens with one attached hydrogen (secondary N) is 1. The number of aromatic hydroxyl groups is 1. The highest BCUT2D eigenvalue weighted by atomic mass is 19.3. The Bertz CT molecular complexity index is 2130. The van der Waals surface area contributed by atoms with E-state index in [0.29, 0.717) is 24.3 Å². The number of hydrogen-bond acceptors (Lipinski definition) is 8. The van der Waals surface area contributed by atoms with Crippen LogP contribution >= 0.6 is 0 Å². The van der Waals surface area contributed by atoms with Crippen molar-refractivity contribution >= 4 is 18.9 Å². The topological polar surface area (TPSA) is 116 Å². The molecule has 1 amide bonds. The van der Waals surface area contributed by atoms with Gasteiger partial charge in [-0.3, -0.25) is 14.6 Å². The van der Waals surface area contributed by atoms with E-state index in [1.165, 1.54) is 18.4 Å². The van der Waals surface area contributed by atoms with Crippen molar-refractivity contribution in [2.45, 2.75) is 175 Å². The molecule has 6 fully saturated rings. The maximum Gasteiger partial charge on any atom is 0.248 e. The molecule has 13 heteroatoms. The minimum Gasteiger partial charge on any atom is -0.504 e. The molecule has 3 unspecified atom stereocenters. The van der Waals surface area contributed by atoms with Crippen molar-refractivity contribution in [2.24, 2.45) is 11.8 Å². The lowest BCUT2D eigenvalue weighted by Gasteiger charge is -2.64. The monoisotopic (exact) mass is 836 g/mol. The van der Waals surface area contributed by atoms with Gasteiger partial charge in [-0.2, -0.15) is 0 Å². The zero-order chi connectivity index (χ0) is 41.8. The zero-order valence-corrected chi connectivity index (χ0v) is 36.0. The number of benzene rings is 2. The molecule has 3 saturated heterocycles. The molecule has 1 aromatic heterocycles. The van der Waals surface area contributed by atoms with Crippen molar-refractivity contribution in [3.63, 3.8) is 0 Å². The van der Waals surface area contributed by atoms with E-state index in [2.05, 4.69) is 51.7 Å². The van der Waals surface area contributed by atoms with Gasteiger partial charge in [0.1, 0.15) is 11.9 Å². The number of carbonyl (C=O) groups excluding carboxylic acids is 1. The summed E-state index contributed by atoms with van der Waals surface area (Å²) < 4.78 is 37.4. The molecule has 1 spiro atoms. The third-order valence-electron chi connectivity index (χ3n) is 17.1. The first-order valence-electron chi connectivity index (χ1n) is 23.8. The van der Waals surface area contributed by atoms with Gasteiger partial charge < -0.3 is 24.8 Å². The number of aliphatic hydroxyl groups is 1. The summed E-state index contributed by atoms with van der Waals surface area (Å²) in [6.07, 6.45) is 10.6. The van der Waals surface area contributed by atoms with Gasteiger partial charge in [0.15, 0.2) is 11.5 Å². The number of piperidine rings is 2. The quantitative estimate of drug-likeness (QED) is 0.178. The van der Waals surface area contributed by atoms with Crippen LogP contribution in [0.25, 0.3) is 0 Å². The van der Waals surface area contributed by atoms with Crippen molar-refractivity contribution in [1.82, 2.24) is 29.9 Å². The summed E-state index contributed by atoms with van der Waals surface area (Å²) in [6.45, 7) is 7.29. The highest BCUT2D eigenvalue weighted by Gasteiger charge is 2.73. The first kappa shape index (κ1) is 40.2. The Kier molecular flexibility index (Phi) is 9.92. The lowest BCUT2D eigenvalue weighted by Crippen LogP contribution is -2.76. The van der Waals surface area contributed by atoms with Crippen molar-refractivity contribution in [3.05, 3.63) is 65.0 Å². The van der Waals surface area contributed by atoms with E-state index >= 15 is 0 Å². The van der Waals surface area contributed by atoms with Gasteiger partial charge in [-0.1, -0.05) is 56.7 Å². The Morgan fingerprint density at radius 1 is 0.951 bits per heavy atom. The summed E-state index contributed by atoms with van der Waals surface area (Å²) >= 11 is 0. The molecule has 0 radical (unpaired) electrons. The SMILES string of the molecule is CC(C)c1nnc(BC2CC[C@@]3(O)[C@H]4Cc5ccc(O)c6c5[C@@]3(CCN4CC3CC3)[C@H]2O6)n1C1CC2CCC(C1)N2CC[C@H](NC(=O)C1CCC(F)(F)CC1)c1ccccc1. The van der Waals surface area contributed by atoms with E-state index in [-0.39, 0.29) is 79.2 Å². The van der Waals surface area contributed by atoms with E-state index < -0.39 is 16.9 Å². The fourth-order valence-corrected chi connectivity index (χ4v) is 14.0. The van der Waals surface area contributed by atoms with Crippen LogP contribution in [0.15, 0.2) is 42.5 Å². The third-order valence-corrected chi connectivity index (χ3v) is 17.1. The minimum atomic E-state index is -2.66. The summed E-state index contributed by atoms with van der Waals surface area (Å²) in [5.41, 5.74) is 2.92. The van der Waals surface area contributed by atoms with Gasteiger partial charge in [-0.05, 0) is 113 Å². The maximum absolute atomic E-state index is 13.9. The van der Waals surface area contributed by atoms with Crippen LogP contribution in [-0.4, -0.2) is 103 Å². The Balaban J connectivity index is 0.821. The van der Waals surface area contributed by atoms with E-state index in [1.807, 2.05) is 18.2 Å². The normalized spacial score (nSPS) is 34.5. The number of carbonyl (C=O) groups is 1. The number of rotatable bonds is 12. The van der Waals surface area contributed by atoms with Gasteiger partial charge >= 0.3 is 0 Å². The number of amides is 1. The van der Waals surface area contributed by atoms with E-state index in [4.69, 9.17) is 14.9 Å². The van der Waals surface area contributed by atoms with Gasteiger partial charge in [0.05, 0.1) is 22.8 Å². The number of phenols is 1. The molecule has 4 bridgehead atoms. The molecule has 2 aromatic carbocycles. The summed E-state index contributed by atoms with van der Waals surface area (Å²) in [6, 6.07) is 15.0. The van der Waals surface area contributed by atoms with Gasteiger partial charge in [-0.25, -0.2) is 8.78 Å². The highest BCUT2D eigenvalue weighted by molar-refractivity contribution is 6.53. The summed E-state index contributed by atoms with van der Waals surface area (Å²) in [5.74, 6) is -0.235. The number of likely N-dealkylation sites (tertiary alicyclic amines) is 1. The molecule has 3 N–H and O–H groups in total. The number of alkyl halides is 2. The Hall–Kier alpha value is -3.55. The third kappa shape index (κ3) is 6.67. The molecule has 5 heterocycles. The average Bonchev–Trinajstić information content (AvgIpc) is 3.76. The predicted octanol–water partition coefficient (Wildman–Crippen LogP) is 6.46. The van der Waals surface area contributed by atoms with Crippen LogP contribution in [0.4, 0.5) is 8.78 Å². The second kappa shape index (κ2) is 15.0. The van der Waals surface area contributed by atoms with E-state index in [9.17, 15) is 23.8 Å². The van der Waals surface area contributed by atoms with Crippen LogP contribution in [-0.2, 0) is 16.6 Å². The van der Waals surface area contributed by atoms with Crippen LogP contribution < -0.4 is 15.8 Å². The smallest absolute Gasteiger partial charge is 0.248 e. The van der Waals surface area contributed by atoms with Crippen LogP contribution in [0.2, 0.25) is 5.82 Å². The molecule has 8 atom stereocenters.